The van der Waals surface area contributed by atoms with Crippen LogP contribution in [-0.4, -0.2) is 31.3 Å². The first-order chi connectivity index (χ1) is 14.7. The van der Waals surface area contributed by atoms with Crippen molar-refractivity contribution in [3.8, 4) is 11.5 Å². The number of carbonyl (C=O) groups is 3. The van der Waals surface area contributed by atoms with E-state index in [4.69, 9.17) is 4.74 Å². The quantitative estimate of drug-likeness (QED) is 0.503. The van der Waals surface area contributed by atoms with Crippen LogP contribution in [0.5, 0.6) is 11.5 Å². The van der Waals surface area contributed by atoms with E-state index in [2.05, 4.69) is 10.0 Å². The number of para-hydroxylation sites is 1. The molecule has 0 fully saturated rings. The molecule has 2 amide bonds. The molecular weight excluding hydrogens is 424 g/mol. The predicted molar refractivity (Wildman–Crippen MR) is 109 cm³/mol. The number of nitrogens with one attached hydrogen (secondary N) is 2. The van der Waals surface area contributed by atoms with Crippen LogP contribution in [0.1, 0.15) is 31.1 Å². The summed E-state index contributed by atoms with van der Waals surface area (Å²) >= 11 is 0. The highest BCUT2D eigenvalue weighted by Gasteiger charge is 2.29. The minimum atomic E-state index is -4.25. The van der Waals surface area contributed by atoms with E-state index in [0.717, 1.165) is 12.1 Å². The summed E-state index contributed by atoms with van der Waals surface area (Å²) < 4.78 is 33.9. The van der Waals surface area contributed by atoms with Gasteiger partial charge in [0.05, 0.1) is 27.3 Å². The van der Waals surface area contributed by atoms with Crippen LogP contribution in [-0.2, 0) is 10.0 Å². The Morgan fingerprint density at radius 1 is 0.903 bits per heavy atom. The van der Waals surface area contributed by atoms with Gasteiger partial charge in [-0.3, -0.25) is 19.6 Å². The molecule has 156 valence electrons. The Labute approximate surface area is 176 Å². The number of amides is 2. The van der Waals surface area contributed by atoms with E-state index in [1.165, 1.54) is 24.3 Å². The van der Waals surface area contributed by atoms with Crippen molar-refractivity contribution in [2.75, 3.05) is 4.72 Å². The first kappa shape index (κ1) is 20.1. The maximum Gasteiger partial charge on any atom is 0.335 e. The van der Waals surface area contributed by atoms with Crippen molar-refractivity contribution in [3.05, 3.63) is 83.4 Å². The van der Waals surface area contributed by atoms with Crippen LogP contribution >= 0.6 is 0 Å². The van der Waals surface area contributed by atoms with Crippen molar-refractivity contribution >= 4 is 33.5 Å². The van der Waals surface area contributed by atoms with Gasteiger partial charge in [0.25, 0.3) is 21.8 Å². The number of imide groups is 1. The molecule has 0 radical (unpaired) electrons. The molecule has 0 bridgehead atoms. The van der Waals surface area contributed by atoms with Crippen LogP contribution in [0.4, 0.5) is 5.69 Å². The summed E-state index contributed by atoms with van der Waals surface area (Å²) in [5.74, 6) is -2.06. The zero-order valence-corrected chi connectivity index (χ0v) is 16.5. The number of hydrogen-bond acceptors (Lipinski definition) is 6. The fourth-order valence-electron chi connectivity index (χ4n) is 2.97. The lowest BCUT2D eigenvalue weighted by Crippen LogP contribution is -2.20. The summed E-state index contributed by atoms with van der Waals surface area (Å²) in [5.41, 5.74) is -0.250. The smallest absolute Gasteiger partial charge is 0.335 e. The predicted octanol–water partition coefficient (Wildman–Crippen LogP) is 2.86. The molecule has 0 spiro atoms. The number of ether oxygens (including phenoxy) is 1. The number of fused-ring (bicyclic) bond motifs is 1. The van der Waals surface area contributed by atoms with Gasteiger partial charge in [-0.15, -0.1) is 0 Å². The zero-order chi connectivity index (χ0) is 22.2. The summed E-state index contributed by atoms with van der Waals surface area (Å²) in [6, 6.07) is 15.8. The highest BCUT2D eigenvalue weighted by atomic mass is 32.2. The Hall–Kier alpha value is -4.18. The van der Waals surface area contributed by atoms with Gasteiger partial charge in [0.15, 0.2) is 5.75 Å². The largest absolute Gasteiger partial charge is 0.478 e. The topological polar surface area (TPSA) is 139 Å². The van der Waals surface area contributed by atoms with Crippen LogP contribution in [0.15, 0.2) is 71.6 Å². The molecule has 0 atom stereocenters. The lowest BCUT2D eigenvalue weighted by molar-refractivity contribution is 0.0696. The van der Waals surface area contributed by atoms with E-state index >= 15 is 0 Å². The third-order valence-electron chi connectivity index (χ3n) is 4.46. The van der Waals surface area contributed by atoms with Crippen molar-refractivity contribution < 1.29 is 32.6 Å². The lowest BCUT2D eigenvalue weighted by atomic mass is 10.1. The van der Waals surface area contributed by atoms with Gasteiger partial charge in [-0.1, -0.05) is 18.2 Å². The Bertz CT molecular complexity index is 1340. The van der Waals surface area contributed by atoms with E-state index in [0.29, 0.717) is 5.75 Å². The minimum Gasteiger partial charge on any atom is -0.478 e. The molecule has 3 aromatic rings. The highest BCUT2D eigenvalue weighted by molar-refractivity contribution is 7.92. The molecule has 0 unspecified atom stereocenters. The summed E-state index contributed by atoms with van der Waals surface area (Å²) in [7, 11) is -4.25. The average molecular weight is 438 g/mol. The van der Waals surface area contributed by atoms with Gasteiger partial charge < -0.3 is 9.84 Å². The number of aromatic carboxylic acids is 1. The van der Waals surface area contributed by atoms with Crippen molar-refractivity contribution in [3.63, 3.8) is 0 Å². The fraction of sp³-hybridized carbons (Fsp3) is 0. The third kappa shape index (κ3) is 3.96. The molecule has 1 heterocycles. The average Bonchev–Trinajstić information content (AvgIpc) is 3.03. The Kier molecular flexibility index (Phi) is 4.91. The Morgan fingerprint density at radius 3 is 2.32 bits per heavy atom. The maximum absolute atomic E-state index is 12.9. The van der Waals surface area contributed by atoms with Crippen molar-refractivity contribution in [2.45, 2.75) is 4.90 Å². The van der Waals surface area contributed by atoms with Gasteiger partial charge >= 0.3 is 5.97 Å². The molecule has 0 saturated heterocycles. The van der Waals surface area contributed by atoms with Crippen molar-refractivity contribution in [1.29, 1.82) is 0 Å². The Morgan fingerprint density at radius 2 is 1.61 bits per heavy atom. The monoisotopic (exact) mass is 438 g/mol. The van der Waals surface area contributed by atoms with Crippen molar-refractivity contribution in [1.82, 2.24) is 5.32 Å². The SMILES string of the molecule is O=C(O)c1ccc(Oc2ccccc2)c(NS(=O)(=O)c2ccc3c(c2)C(=O)NC3=O)c1. The molecule has 0 aliphatic carbocycles. The lowest BCUT2D eigenvalue weighted by Gasteiger charge is -2.14. The van der Waals surface area contributed by atoms with Crippen LogP contribution in [0, 0.1) is 0 Å². The number of hydrogen-bond donors (Lipinski definition) is 3. The van der Waals surface area contributed by atoms with Gasteiger partial charge in [-0.2, -0.15) is 0 Å². The second-order valence-electron chi connectivity index (χ2n) is 6.53. The second-order valence-corrected chi connectivity index (χ2v) is 8.21. The van der Waals surface area contributed by atoms with Crippen molar-refractivity contribution in [2.24, 2.45) is 0 Å². The standard InChI is InChI=1S/C21H14N2O7S/c24-19-15-8-7-14(11-16(15)20(25)22-19)31(28,29)23-17-10-12(21(26)27)6-9-18(17)30-13-4-2-1-3-5-13/h1-11,23H,(H,26,27)(H,22,24,25). The Balaban J connectivity index is 1.72. The van der Waals surface area contributed by atoms with E-state index in [9.17, 15) is 27.9 Å². The minimum absolute atomic E-state index is 0.0621. The van der Waals surface area contributed by atoms with Gasteiger partial charge in [0.2, 0.25) is 0 Å². The van der Waals surface area contributed by atoms with Gasteiger partial charge in [-0.25, -0.2) is 13.2 Å². The number of carboxylic acid groups (broad SMARTS) is 1. The molecular formula is C21H14N2O7S. The molecule has 9 nitrogen and oxygen atoms in total. The number of rotatable bonds is 6. The van der Waals surface area contributed by atoms with Crippen LogP contribution in [0.2, 0.25) is 0 Å². The van der Waals surface area contributed by atoms with E-state index in [1.807, 2.05) is 0 Å². The van der Waals surface area contributed by atoms with Crippen LogP contribution in [0.25, 0.3) is 0 Å². The third-order valence-corrected chi connectivity index (χ3v) is 5.82. The normalized spacial score (nSPS) is 12.8. The second kappa shape index (κ2) is 7.58. The number of carbonyl (C=O) groups excluding carboxylic acids is 2. The fourth-order valence-corrected chi connectivity index (χ4v) is 4.05. The molecule has 0 saturated carbocycles. The molecule has 1 aliphatic rings. The zero-order valence-electron chi connectivity index (χ0n) is 15.7. The molecule has 10 heteroatoms. The highest BCUT2D eigenvalue weighted by Crippen LogP contribution is 2.32. The van der Waals surface area contributed by atoms with Gasteiger partial charge in [-0.05, 0) is 48.5 Å². The van der Waals surface area contributed by atoms with E-state index in [1.54, 1.807) is 30.3 Å². The number of anilines is 1. The first-order valence-electron chi connectivity index (χ1n) is 8.87. The number of carboxylic acids is 1. The summed E-state index contributed by atoms with van der Waals surface area (Å²) in [6.07, 6.45) is 0. The summed E-state index contributed by atoms with van der Waals surface area (Å²) in [6.45, 7) is 0. The summed E-state index contributed by atoms with van der Waals surface area (Å²) in [5, 5.41) is 11.4. The molecule has 1 aliphatic heterocycles. The molecule has 31 heavy (non-hydrogen) atoms. The van der Waals surface area contributed by atoms with E-state index in [-0.39, 0.29) is 33.0 Å². The van der Waals surface area contributed by atoms with Crippen LogP contribution < -0.4 is 14.8 Å². The molecule has 3 aromatic carbocycles. The molecule has 4 rings (SSSR count). The van der Waals surface area contributed by atoms with Crippen LogP contribution in [0.3, 0.4) is 0 Å². The summed E-state index contributed by atoms with van der Waals surface area (Å²) in [4.78, 5) is 34.6. The first-order valence-corrected chi connectivity index (χ1v) is 10.4. The number of benzene rings is 3. The molecule has 3 N–H and O–H groups in total. The maximum atomic E-state index is 12.9. The molecule has 0 aromatic heterocycles. The van der Waals surface area contributed by atoms with Gasteiger partial charge in [0.1, 0.15) is 5.75 Å². The number of sulfonamides is 1. The van der Waals surface area contributed by atoms with E-state index < -0.39 is 27.8 Å². The van der Waals surface area contributed by atoms with Gasteiger partial charge in [0, 0.05) is 0 Å².